The smallest absolute Gasteiger partial charge is 0.213 e. The lowest BCUT2D eigenvalue weighted by Crippen LogP contribution is -2.35. The molecule has 0 aliphatic carbocycles. The van der Waals surface area contributed by atoms with Gasteiger partial charge < -0.3 is 9.47 Å². The van der Waals surface area contributed by atoms with E-state index in [1.54, 1.807) is 7.05 Å². The molecule has 0 unspecified atom stereocenters. The van der Waals surface area contributed by atoms with Gasteiger partial charge in [-0.1, -0.05) is 31.2 Å². The summed E-state index contributed by atoms with van der Waals surface area (Å²) in [6.07, 6.45) is 0.647. The zero-order valence-electron chi connectivity index (χ0n) is 17.4. The second-order valence-electron chi connectivity index (χ2n) is 7.49. The molecule has 0 fully saturated rings. The molecule has 0 bridgehead atoms. The number of benzene rings is 2. The Balaban J connectivity index is 1.75. The zero-order valence-corrected chi connectivity index (χ0v) is 18.2. The largest absolute Gasteiger partial charge is 0.341 e. The van der Waals surface area contributed by atoms with Crippen LogP contribution in [0.4, 0.5) is 0 Å². The molecule has 3 rings (SSSR count). The van der Waals surface area contributed by atoms with Crippen LogP contribution in [0.15, 0.2) is 42.5 Å². The lowest BCUT2D eigenvalue weighted by Gasteiger charge is -2.22. The molecular weight excluding hydrogens is 370 g/mol. The van der Waals surface area contributed by atoms with Crippen molar-refractivity contribution in [1.82, 2.24) is 13.8 Å². The Hall–Kier alpha value is -1.89. The van der Waals surface area contributed by atoms with Crippen LogP contribution in [0.25, 0.3) is 21.8 Å². The average molecular weight is 402 g/mol. The van der Waals surface area contributed by atoms with Crippen LogP contribution in [-0.4, -0.2) is 55.1 Å². The highest BCUT2D eigenvalue weighted by Crippen LogP contribution is 2.29. The molecule has 1 aromatic heterocycles. The van der Waals surface area contributed by atoms with Gasteiger partial charge in [0.2, 0.25) is 10.0 Å². The monoisotopic (exact) mass is 401 g/mol. The Morgan fingerprint density at radius 3 is 2.36 bits per heavy atom. The third-order valence-electron chi connectivity index (χ3n) is 5.34. The molecule has 0 radical (unpaired) electrons. The van der Waals surface area contributed by atoms with Crippen LogP contribution in [0.3, 0.4) is 0 Å². The number of fused-ring (bicyclic) bond motifs is 3. The molecule has 6 heteroatoms. The van der Waals surface area contributed by atoms with Gasteiger partial charge in [-0.25, -0.2) is 12.7 Å². The molecule has 5 nitrogen and oxygen atoms in total. The van der Waals surface area contributed by atoms with Crippen molar-refractivity contribution in [1.29, 1.82) is 0 Å². The second kappa shape index (κ2) is 8.64. The first-order valence-corrected chi connectivity index (χ1v) is 11.6. The van der Waals surface area contributed by atoms with Crippen LogP contribution in [0.1, 0.15) is 25.8 Å². The third kappa shape index (κ3) is 4.24. The van der Waals surface area contributed by atoms with Gasteiger partial charge in [0.05, 0.1) is 5.75 Å². The number of likely N-dealkylation sites (N-methyl/N-ethyl adjacent to an activating group) is 2. The highest BCUT2D eigenvalue weighted by atomic mass is 32.2. The SMILES string of the molecule is CCCS(=O)(=O)N(C)CCN(C)Cc1ccc2c(c1)c1ccccc1n2CC. The fourth-order valence-electron chi connectivity index (χ4n) is 3.80. The van der Waals surface area contributed by atoms with Crippen molar-refractivity contribution >= 4 is 31.8 Å². The number of nitrogens with zero attached hydrogens (tertiary/aromatic N) is 3. The summed E-state index contributed by atoms with van der Waals surface area (Å²) in [6, 6.07) is 15.2. The average Bonchev–Trinajstić information content (AvgIpc) is 2.99. The number of hydrogen-bond donors (Lipinski definition) is 0. The molecule has 152 valence electrons. The predicted molar refractivity (Wildman–Crippen MR) is 118 cm³/mol. The lowest BCUT2D eigenvalue weighted by atomic mass is 10.1. The minimum atomic E-state index is -3.13. The lowest BCUT2D eigenvalue weighted by molar-refractivity contribution is 0.300. The maximum absolute atomic E-state index is 12.1. The van der Waals surface area contributed by atoms with E-state index >= 15 is 0 Å². The van der Waals surface area contributed by atoms with Crippen molar-refractivity contribution in [2.75, 3.05) is 32.9 Å². The Labute approximate surface area is 168 Å². The highest BCUT2D eigenvalue weighted by molar-refractivity contribution is 7.89. The van der Waals surface area contributed by atoms with Crippen molar-refractivity contribution in [3.63, 3.8) is 0 Å². The first kappa shape index (κ1) is 20.8. The van der Waals surface area contributed by atoms with Gasteiger partial charge in [-0.3, -0.25) is 0 Å². The molecule has 0 spiro atoms. The predicted octanol–water partition coefficient (Wildman–Crippen LogP) is 3.92. The molecule has 0 N–H and O–H groups in total. The number of sulfonamides is 1. The van der Waals surface area contributed by atoms with Crippen LogP contribution in [0, 0.1) is 0 Å². The Bertz CT molecular complexity index is 1060. The number of aryl methyl sites for hydroxylation is 1. The van der Waals surface area contributed by atoms with Crippen molar-refractivity contribution in [2.45, 2.75) is 33.4 Å². The van der Waals surface area contributed by atoms with Gasteiger partial charge in [-0.05, 0) is 44.2 Å². The standard InChI is InChI=1S/C22H31N3O2S/c1-5-15-28(26,27)24(4)14-13-23(3)17-18-11-12-22-20(16-18)19-9-7-8-10-21(19)25(22)6-2/h7-12,16H,5-6,13-15,17H2,1-4H3. The normalized spacial score (nSPS) is 12.6. The van der Waals surface area contributed by atoms with Crippen LogP contribution < -0.4 is 0 Å². The fourth-order valence-corrected chi connectivity index (χ4v) is 4.98. The molecule has 3 aromatic rings. The fraction of sp³-hybridized carbons (Fsp3) is 0.455. The molecule has 28 heavy (non-hydrogen) atoms. The third-order valence-corrected chi connectivity index (χ3v) is 7.40. The zero-order chi connectivity index (χ0) is 20.3. The molecule has 0 saturated heterocycles. The van der Waals surface area contributed by atoms with Crippen molar-refractivity contribution < 1.29 is 8.42 Å². The molecule has 0 atom stereocenters. The molecule has 0 amide bonds. The van der Waals surface area contributed by atoms with Crippen LogP contribution in [0.5, 0.6) is 0 Å². The molecule has 0 aliphatic heterocycles. The summed E-state index contributed by atoms with van der Waals surface area (Å²) in [7, 11) is 0.584. The number of rotatable bonds is 9. The quantitative estimate of drug-likeness (QED) is 0.546. The Morgan fingerprint density at radius 1 is 0.929 bits per heavy atom. The molecule has 1 heterocycles. The maximum atomic E-state index is 12.1. The van der Waals surface area contributed by atoms with Gasteiger partial charge in [-0.2, -0.15) is 0 Å². The summed E-state index contributed by atoms with van der Waals surface area (Å²) >= 11 is 0. The molecule has 0 aliphatic rings. The van der Waals surface area contributed by atoms with Gasteiger partial charge in [0.15, 0.2) is 0 Å². The highest BCUT2D eigenvalue weighted by Gasteiger charge is 2.17. The molecule has 2 aromatic carbocycles. The van der Waals surface area contributed by atoms with E-state index in [1.165, 1.54) is 31.7 Å². The van der Waals surface area contributed by atoms with E-state index in [1.807, 2.05) is 14.0 Å². The summed E-state index contributed by atoms with van der Waals surface area (Å²) in [5, 5.41) is 2.57. The number of aromatic nitrogens is 1. The van der Waals surface area contributed by atoms with Gasteiger partial charge >= 0.3 is 0 Å². The van der Waals surface area contributed by atoms with Crippen molar-refractivity contribution in [2.24, 2.45) is 0 Å². The van der Waals surface area contributed by atoms with Crippen molar-refractivity contribution in [3.05, 3.63) is 48.0 Å². The number of para-hydroxylation sites is 1. The summed E-state index contributed by atoms with van der Waals surface area (Å²) in [5.41, 5.74) is 3.78. The summed E-state index contributed by atoms with van der Waals surface area (Å²) in [5.74, 6) is 0.214. The second-order valence-corrected chi connectivity index (χ2v) is 9.68. The van der Waals surface area contributed by atoms with Gasteiger partial charge in [0.1, 0.15) is 0 Å². The van der Waals surface area contributed by atoms with Gasteiger partial charge in [0.25, 0.3) is 0 Å². The van der Waals surface area contributed by atoms with Gasteiger partial charge in [0, 0.05) is 55.0 Å². The van der Waals surface area contributed by atoms with E-state index in [4.69, 9.17) is 0 Å². The summed E-state index contributed by atoms with van der Waals surface area (Å²) in [4.78, 5) is 2.18. The van der Waals surface area contributed by atoms with E-state index in [0.717, 1.165) is 13.1 Å². The van der Waals surface area contributed by atoms with Crippen LogP contribution in [0.2, 0.25) is 0 Å². The summed E-state index contributed by atoms with van der Waals surface area (Å²) in [6.45, 7) is 7.02. The minimum absolute atomic E-state index is 0.214. The van der Waals surface area contributed by atoms with Crippen LogP contribution >= 0.6 is 0 Å². The van der Waals surface area contributed by atoms with Crippen LogP contribution in [-0.2, 0) is 23.1 Å². The van der Waals surface area contributed by atoms with E-state index in [2.05, 4.69) is 58.9 Å². The summed E-state index contributed by atoms with van der Waals surface area (Å²) < 4.78 is 28.0. The van der Waals surface area contributed by atoms with E-state index in [0.29, 0.717) is 19.5 Å². The van der Waals surface area contributed by atoms with E-state index in [9.17, 15) is 8.42 Å². The van der Waals surface area contributed by atoms with E-state index in [-0.39, 0.29) is 5.75 Å². The number of hydrogen-bond acceptors (Lipinski definition) is 3. The minimum Gasteiger partial charge on any atom is -0.341 e. The maximum Gasteiger partial charge on any atom is 0.213 e. The van der Waals surface area contributed by atoms with E-state index < -0.39 is 10.0 Å². The molecular formula is C22H31N3O2S. The van der Waals surface area contributed by atoms with Gasteiger partial charge in [-0.15, -0.1) is 0 Å². The van der Waals surface area contributed by atoms with Crippen molar-refractivity contribution in [3.8, 4) is 0 Å². The Morgan fingerprint density at radius 2 is 1.64 bits per heavy atom. The molecule has 0 saturated carbocycles. The first-order valence-electron chi connectivity index (χ1n) is 9.99. The Kier molecular flexibility index (Phi) is 6.43. The first-order chi connectivity index (χ1) is 13.4. The topological polar surface area (TPSA) is 45.6 Å².